The molecule has 1 heterocycles. The first kappa shape index (κ1) is 11.0. The number of hydrogen-bond donors (Lipinski definition) is 1. The van der Waals surface area contributed by atoms with Crippen LogP contribution in [0.25, 0.3) is 16.7 Å². The molecule has 0 bridgehead atoms. The van der Waals surface area contributed by atoms with Crippen molar-refractivity contribution < 1.29 is 0 Å². The van der Waals surface area contributed by atoms with E-state index in [9.17, 15) is 4.79 Å². The summed E-state index contributed by atoms with van der Waals surface area (Å²) in [4.78, 5) is 17.0. The van der Waals surface area contributed by atoms with Gasteiger partial charge in [0.1, 0.15) is 0 Å². The van der Waals surface area contributed by atoms with Crippen molar-refractivity contribution in [2.24, 2.45) is 0 Å². The van der Waals surface area contributed by atoms with E-state index in [0.29, 0.717) is 0 Å². The van der Waals surface area contributed by atoms with Crippen LogP contribution < -0.4 is 5.56 Å². The average molecular weight is 254 g/mol. The summed E-state index contributed by atoms with van der Waals surface area (Å²) in [5.74, 6) is 0. The molecule has 3 rings (SSSR count). The molecule has 18 heavy (non-hydrogen) atoms. The van der Waals surface area contributed by atoms with E-state index in [4.69, 9.17) is 0 Å². The van der Waals surface area contributed by atoms with Crippen LogP contribution in [0.3, 0.4) is 0 Å². The number of aromatic nitrogens is 2. The van der Waals surface area contributed by atoms with E-state index in [2.05, 4.69) is 17.6 Å². The van der Waals surface area contributed by atoms with Gasteiger partial charge in [0.2, 0.25) is 0 Å². The molecule has 0 atom stereocenters. The maximum Gasteiger partial charge on any atom is 0.274 e. The maximum absolute atomic E-state index is 12.1. The molecular weight excluding hydrogens is 244 g/mol. The second-order valence-electron chi connectivity index (χ2n) is 3.91. The summed E-state index contributed by atoms with van der Waals surface area (Å²) < 4.78 is 1.63. The Bertz CT molecular complexity index is 780. The van der Waals surface area contributed by atoms with Gasteiger partial charge in [-0.2, -0.15) is 0 Å². The summed E-state index contributed by atoms with van der Waals surface area (Å²) >= 11 is 4.40. The third-order valence-electron chi connectivity index (χ3n) is 2.78. The van der Waals surface area contributed by atoms with Gasteiger partial charge in [-0.05, 0) is 24.3 Å². The summed E-state index contributed by atoms with van der Waals surface area (Å²) in [5, 5.41) is 0. The van der Waals surface area contributed by atoms with Crippen LogP contribution >= 0.6 is 12.6 Å². The van der Waals surface area contributed by atoms with Crippen molar-refractivity contribution in [3.8, 4) is 5.69 Å². The topological polar surface area (TPSA) is 34.9 Å². The maximum atomic E-state index is 12.1. The van der Waals surface area contributed by atoms with Gasteiger partial charge in [0.15, 0.2) is 0 Å². The number of hydrogen-bond acceptors (Lipinski definition) is 3. The fourth-order valence-corrected chi connectivity index (χ4v) is 2.23. The molecule has 88 valence electrons. The van der Waals surface area contributed by atoms with E-state index in [1.54, 1.807) is 4.57 Å². The molecular formula is C14H10N2OS. The van der Waals surface area contributed by atoms with Crippen molar-refractivity contribution in [1.29, 1.82) is 0 Å². The largest absolute Gasteiger partial charge is 0.274 e. The third kappa shape index (κ3) is 1.71. The molecule has 0 aliphatic heterocycles. The SMILES string of the molecule is O=c1cnc2ccccc2n1-c1ccccc1S. The van der Waals surface area contributed by atoms with Gasteiger partial charge in [0.25, 0.3) is 5.56 Å². The van der Waals surface area contributed by atoms with Crippen LogP contribution in [0.15, 0.2) is 64.4 Å². The first-order valence-electron chi connectivity index (χ1n) is 5.52. The van der Waals surface area contributed by atoms with E-state index in [-0.39, 0.29) is 5.56 Å². The quantitative estimate of drug-likeness (QED) is 0.678. The van der Waals surface area contributed by atoms with Crippen LogP contribution in [0.2, 0.25) is 0 Å². The van der Waals surface area contributed by atoms with Gasteiger partial charge in [-0.3, -0.25) is 9.36 Å². The molecule has 0 unspecified atom stereocenters. The first-order chi connectivity index (χ1) is 8.77. The molecule has 3 nitrogen and oxygen atoms in total. The third-order valence-corrected chi connectivity index (χ3v) is 3.16. The summed E-state index contributed by atoms with van der Waals surface area (Å²) in [5.41, 5.74) is 2.18. The van der Waals surface area contributed by atoms with E-state index in [1.807, 2.05) is 48.5 Å². The van der Waals surface area contributed by atoms with E-state index in [0.717, 1.165) is 21.6 Å². The van der Waals surface area contributed by atoms with Crippen molar-refractivity contribution in [3.05, 3.63) is 65.1 Å². The summed E-state index contributed by atoms with van der Waals surface area (Å²) in [6, 6.07) is 15.1. The predicted molar refractivity (Wildman–Crippen MR) is 74.6 cm³/mol. The summed E-state index contributed by atoms with van der Waals surface area (Å²) in [6.45, 7) is 0. The van der Waals surface area contributed by atoms with Crippen molar-refractivity contribution >= 4 is 23.7 Å². The Morgan fingerprint density at radius 1 is 1.00 bits per heavy atom. The van der Waals surface area contributed by atoms with Crippen LogP contribution in [-0.4, -0.2) is 9.55 Å². The first-order valence-corrected chi connectivity index (χ1v) is 5.97. The van der Waals surface area contributed by atoms with Crippen LogP contribution in [-0.2, 0) is 0 Å². The molecule has 1 aromatic heterocycles. The zero-order valence-electron chi connectivity index (χ0n) is 9.45. The molecule has 0 radical (unpaired) electrons. The fraction of sp³-hybridized carbons (Fsp3) is 0. The van der Waals surface area contributed by atoms with Crippen molar-refractivity contribution in [2.45, 2.75) is 4.90 Å². The Balaban J connectivity index is 2.46. The van der Waals surface area contributed by atoms with Crippen molar-refractivity contribution in [1.82, 2.24) is 9.55 Å². The van der Waals surface area contributed by atoms with Gasteiger partial charge in [-0.25, -0.2) is 4.98 Å². The molecule has 0 fully saturated rings. The molecule has 0 aliphatic carbocycles. The Morgan fingerprint density at radius 3 is 2.56 bits per heavy atom. The Morgan fingerprint density at radius 2 is 1.72 bits per heavy atom. The lowest BCUT2D eigenvalue weighted by atomic mass is 10.2. The Labute approximate surface area is 109 Å². The monoisotopic (exact) mass is 254 g/mol. The molecule has 0 N–H and O–H groups in total. The van der Waals surface area contributed by atoms with Crippen LogP contribution in [0.4, 0.5) is 0 Å². The predicted octanol–water partition coefficient (Wildman–Crippen LogP) is 2.67. The normalized spacial score (nSPS) is 10.7. The molecule has 4 heteroatoms. The Hall–Kier alpha value is -2.07. The minimum atomic E-state index is -0.157. The van der Waals surface area contributed by atoms with Gasteiger partial charge >= 0.3 is 0 Å². The molecule has 0 saturated heterocycles. The smallest absolute Gasteiger partial charge is 0.273 e. The number of nitrogens with zero attached hydrogens (tertiary/aromatic N) is 2. The van der Waals surface area contributed by atoms with Gasteiger partial charge < -0.3 is 0 Å². The second-order valence-corrected chi connectivity index (χ2v) is 4.39. The minimum absolute atomic E-state index is 0.157. The highest BCUT2D eigenvalue weighted by Crippen LogP contribution is 2.20. The molecule has 2 aromatic carbocycles. The molecule has 3 aromatic rings. The standard InChI is InChI=1S/C14H10N2OS/c17-14-9-15-10-5-1-2-6-11(10)16(14)12-7-3-4-8-13(12)18/h1-9,18H. The number of rotatable bonds is 1. The Kier molecular flexibility index (Phi) is 2.64. The zero-order chi connectivity index (χ0) is 12.5. The highest BCUT2D eigenvalue weighted by Gasteiger charge is 2.07. The molecule has 0 amide bonds. The van der Waals surface area contributed by atoms with Crippen molar-refractivity contribution in [2.75, 3.05) is 0 Å². The minimum Gasteiger partial charge on any atom is -0.273 e. The summed E-state index contributed by atoms with van der Waals surface area (Å²) in [7, 11) is 0. The van der Waals surface area contributed by atoms with Gasteiger partial charge in [0, 0.05) is 4.90 Å². The number of thiol groups is 1. The van der Waals surface area contributed by atoms with Crippen LogP contribution in [0, 0.1) is 0 Å². The van der Waals surface area contributed by atoms with Gasteiger partial charge in [-0.1, -0.05) is 24.3 Å². The van der Waals surface area contributed by atoms with E-state index < -0.39 is 0 Å². The average Bonchev–Trinajstić information content (AvgIpc) is 2.40. The van der Waals surface area contributed by atoms with Gasteiger partial charge in [-0.15, -0.1) is 12.6 Å². The highest BCUT2D eigenvalue weighted by atomic mass is 32.1. The number of benzene rings is 2. The molecule has 0 spiro atoms. The lowest BCUT2D eigenvalue weighted by Crippen LogP contribution is -2.18. The number of para-hydroxylation sites is 3. The molecule has 0 aliphatic rings. The van der Waals surface area contributed by atoms with Crippen LogP contribution in [0.5, 0.6) is 0 Å². The van der Waals surface area contributed by atoms with Crippen molar-refractivity contribution in [3.63, 3.8) is 0 Å². The van der Waals surface area contributed by atoms with E-state index in [1.165, 1.54) is 6.20 Å². The van der Waals surface area contributed by atoms with Gasteiger partial charge in [0.05, 0.1) is 22.9 Å². The van der Waals surface area contributed by atoms with E-state index >= 15 is 0 Å². The highest BCUT2D eigenvalue weighted by molar-refractivity contribution is 7.80. The summed E-state index contributed by atoms with van der Waals surface area (Å²) in [6.07, 6.45) is 1.34. The lowest BCUT2D eigenvalue weighted by Gasteiger charge is -2.11. The number of fused-ring (bicyclic) bond motifs is 1. The fourth-order valence-electron chi connectivity index (χ4n) is 1.97. The lowest BCUT2D eigenvalue weighted by molar-refractivity contribution is 0.991. The zero-order valence-corrected chi connectivity index (χ0v) is 10.3. The molecule has 0 saturated carbocycles. The van der Waals surface area contributed by atoms with Crippen LogP contribution in [0.1, 0.15) is 0 Å². The second kappa shape index (κ2) is 4.31.